The van der Waals surface area contributed by atoms with Crippen LogP contribution in [0.15, 0.2) is 35.4 Å². The summed E-state index contributed by atoms with van der Waals surface area (Å²) in [7, 11) is 3.02. The molecular formula is C18H24N4O5. The Morgan fingerprint density at radius 1 is 1.33 bits per heavy atom. The van der Waals surface area contributed by atoms with Crippen LogP contribution in [0.25, 0.3) is 10.9 Å². The van der Waals surface area contributed by atoms with Crippen molar-refractivity contribution in [1.29, 1.82) is 0 Å². The van der Waals surface area contributed by atoms with Gasteiger partial charge < -0.3 is 25.6 Å². The molecule has 146 valence electrons. The van der Waals surface area contributed by atoms with Crippen molar-refractivity contribution in [2.45, 2.75) is 25.6 Å². The first-order valence-corrected chi connectivity index (χ1v) is 8.36. The van der Waals surface area contributed by atoms with Crippen LogP contribution in [-0.4, -0.2) is 53.5 Å². The standard InChI is InChI=1S/C18H24N4O5/c1-11(23)16(19)17(24)20-6-4-5-7-22-10-21-13-9-15(27-3)14(26-2)8-12(13)18(22)25/h4-5,8-11,16,23H,6-7,19H2,1-3H3,(H,20,24)/b5-4+/t11-,16+/m1/s1. The largest absolute Gasteiger partial charge is 0.493 e. The Morgan fingerprint density at radius 3 is 2.63 bits per heavy atom. The molecule has 9 heteroatoms. The Bertz CT molecular complexity index is 891. The number of aliphatic hydroxyl groups is 1. The average Bonchev–Trinajstić information content (AvgIpc) is 2.67. The monoisotopic (exact) mass is 376 g/mol. The Balaban J connectivity index is 2.08. The van der Waals surface area contributed by atoms with Gasteiger partial charge in [0, 0.05) is 19.2 Å². The predicted molar refractivity (Wildman–Crippen MR) is 101 cm³/mol. The van der Waals surface area contributed by atoms with Gasteiger partial charge in [-0.2, -0.15) is 0 Å². The second-order valence-corrected chi connectivity index (χ2v) is 5.91. The molecule has 0 spiro atoms. The highest BCUT2D eigenvalue weighted by molar-refractivity contribution is 5.82. The van der Waals surface area contributed by atoms with Gasteiger partial charge in [0.2, 0.25) is 5.91 Å². The van der Waals surface area contributed by atoms with Crippen molar-refractivity contribution in [2.24, 2.45) is 5.73 Å². The predicted octanol–water partition coefficient (Wildman–Crippen LogP) is -0.206. The molecule has 9 nitrogen and oxygen atoms in total. The molecule has 0 unspecified atom stereocenters. The fourth-order valence-electron chi connectivity index (χ4n) is 2.38. The molecule has 2 aromatic rings. The van der Waals surface area contributed by atoms with Gasteiger partial charge >= 0.3 is 0 Å². The summed E-state index contributed by atoms with van der Waals surface area (Å²) in [6, 6.07) is 2.27. The van der Waals surface area contributed by atoms with Gasteiger partial charge in [-0.05, 0) is 13.0 Å². The van der Waals surface area contributed by atoms with Crippen molar-refractivity contribution in [3.05, 3.63) is 41.0 Å². The van der Waals surface area contributed by atoms with E-state index in [0.717, 1.165) is 0 Å². The number of ether oxygens (including phenoxy) is 2. The molecule has 1 heterocycles. The summed E-state index contributed by atoms with van der Waals surface area (Å²) < 4.78 is 11.9. The molecule has 2 atom stereocenters. The van der Waals surface area contributed by atoms with E-state index in [9.17, 15) is 14.7 Å². The molecule has 2 rings (SSSR count). The molecule has 4 N–H and O–H groups in total. The van der Waals surface area contributed by atoms with E-state index in [1.165, 1.54) is 32.0 Å². The highest BCUT2D eigenvalue weighted by Gasteiger charge is 2.17. The summed E-state index contributed by atoms with van der Waals surface area (Å²) in [5.74, 6) is 0.510. The Kier molecular flexibility index (Phi) is 6.91. The molecule has 0 fully saturated rings. The van der Waals surface area contributed by atoms with E-state index < -0.39 is 18.1 Å². The molecule has 0 radical (unpaired) electrons. The number of benzene rings is 1. The maximum atomic E-state index is 12.6. The topological polar surface area (TPSA) is 129 Å². The Labute approximate surface area is 156 Å². The molecule has 0 aliphatic heterocycles. The highest BCUT2D eigenvalue weighted by Crippen LogP contribution is 2.29. The van der Waals surface area contributed by atoms with Crippen molar-refractivity contribution in [2.75, 3.05) is 20.8 Å². The molecule has 0 aliphatic carbocycles. The van der Waals surface area contributed by atoms with E-state index in [1.807, 2.05) is 0 Å². The SMILES string of the molecule is COc1cc2ncn(C/C=C/CNC(=O)[C@@H](N)[C@@H](C)O)c(=O)c2cc1OC. The van der Waals surface area contributed by atoms with Gasteiger partial charge in [-0.15, -0.1) is 0 Å². The maximum absolute atomic E-state index is 12.6. The van der Waals surface area contributed by atoms with Crippen LogP contribution in [-0.2, 0) is 11.3 Å². The summed E-state index contributed by atoms with van der Waals surface area (Å²) in [4.78, 5) is 28.5. The first kappa shape index (κ1) is 20.4. The first-order valence-electron chi connectivity index (χ1n) is 8.36. The summed E-state index contributed by atoms with van der Waals surface area (Å²) in [5.41, 5.74) is 5.82. The minimum absolute atomic E-state index is 0.217. The van der Waals surface area contributed by atoms with Crippen LogP contribution < -0.4 is 26.1 Å². The van der Waals surface area contributed by atoms with Gasteiger partial charge in [0.25, 0.3) is 5.56 Å². The van der Waals surface area contributed by atoms with E-state index in [2.05, 4.69) is 10.3 Å². The van der Waals surface area contributed by atoms with Gasteiger partial charge in [-0.1, -0.05) is 12.2 Å². The fourth-order valence-corrected chi connectivity index (χ4v) is 2.38. The van der Waals surface area contributed by atoms with Gasteiger partial charge in [-0.3, -0.25) is 14.2 Å². The number of hydrogen-bond acceptors (Lipinski definition) is 7. The van der Waals surface area contributed by atoms with Crippen LogP contribution in [0.3, 0.4) is 0 Å². The highest BCUT2D eigenvalue weighted by atomic mass is 16.5. The van der Waals surface area contributed by atoms with E-state index in [0.29, 0.717) is 22.4 Å². The van der Waals surface area contributed by atoms with Crippen LogP contribution in [0, 0.1) is 0 Å². The number of rotatable bonds is 8. The van der Waals surface area contributed by atoms with Crippen LogP contribution in [0.2, 0.25) is 0 Å². The van der Waals surface area contributed by atoms with Gasteiger partial charge in [0.1, 0.15) is 6.04 Å². The van der Waals surface area contributed by atoms with E-state index in [-0.39, 0.29) is 18.6 Å². The fraction of sp³-hybridized carbons (Fsp3) is 0.389. The number of amides is 1. The van der Waals surface area contributed by atoms with Crippen molar-refractivity contribution in [3.63, 3.8) is 0 Å². The third-order valence-electron chi connectivity index (χ3n) is 4.01. The zero-order valence-electron chi connectivity index (χ0n) is 15.5. The number of aliphatic hydroxyl groups excluding tert-OH is 1. The normalized spacial score (nSPS) is 13.5. The molecule has 27 heavy (non-hydrogen) atoms. The summed E-state index contributed by atoms with van der Waals surface area (Å²) in [6.45, 7) is 1.97. The number of carbonyl (C=O) groups is 1. The number of allylic oxidation sites excluding steroid dienone is 1. The van der Waals surface area contributed by atoms with Crippen LogP contribution in [0.1, 0.15) is 6.92 Å². The van der Waals surface area contributed by atoms with Gasteiger partial charge in [0.15, 0.2) is 11.5 Å². The molecule has 1 aromatic heterocycles. The maximum Gasteiger partial charge on any atom is 0.261 e. The van der Waals surface area contributed by atoms with Crippen molar-refractivity contribution in [1.82, 2.24) is 14.9 Å². The first-order chi connectivity index (χ1) is 12.9. The lowest BCUT2D eigenvalue weighted by atomic mass is 10.2. The van der Waals surface area contributed by atoms with Crippen LogP contribution >= 0.6 is 0 Å². The number of nitrogens with two attached hydrogens (primary N) is 1. The molecule has 0 aliphatic rings. The van der Waals surface area contributed by atoms with Gasteiger partial charge in [0.05, 0.1) is 37.6 Å². The number of nitrogens with zero attached hydrogens (tertiary/aromatic N) is 2. The lowest BCUT2D eigenvalue weighted by Gasteiger charge is -2.13. The lowest BCUT2D eigenvalue weighted by molar-refractivity contribution is -0.124. The minimum atomic E-state index is -0.974. The Morgan fingerprint density at radius 2 is 2.00 bits per heavy atom. The molecule has 0 bridgehead atoms. The molecule has 0 saturated heterocycles. The van der Waals surface area contributed by atoms with Crippen molar-refractivity contribution < 1.29 is 19.4 Å². The van der Waals surface area contributed by atoms with Crippen molar-refractivity contribution >= 4 is 16.8 Å². The van der Waals surface area contributed by atoms with Crippen LogP contribution in [0.5, 0.6) is 11.5 Å². The molecular weight excluding hydrogens is 352 g/mol. The number of hydrogen-bond donors (Lipinski definition) is 3. The number of aromatic nitrogens is 2. The zero-order chi connectivity index (χ0) is 20.0. The number of nitrogens with one attached hydrogen (secondary N) is 1. The number of fused-ring (bicyclic) bond motifs is 1. The minimum Gasteiger partial charge on any atom is -0.493 e. The quantitative estimate of drug-likeness (QED) is 0.544. The summed E-state index contributed by atoms with van der Waals surface area (Å²) >= 11 is 0. The van der Waals surface area contributed by atoms with Gasteiger partial charge in [-0.25, -0.2) is 4.98 Å². The third-order valence-corrected chi connectivity index (χ3v) is 4.01. The smallest absolute Gasteiger partial charge is 0.261 e. The zero-order valence-corrected chi connectivity index (χ0v) is 15.5. The second kappa shape index (κ2) is 9.15. The van der Waals surface area contributed by atoms with E-state index >= 15 is 0 Å². The molecule has 0 saturated carbocycles. The van der Waals surface area contributed by atoms with Crippen LogP contribution in [0.4, 0.5) is 0 Å². The molecule has 1 amide bonds. The number of methoxy groups -OCH3 is 2. The lowest BCUT2D eigenvalue weighted by Crippen LogP contribution is -2.47. The summed E-state index contributed by atoms with van der Waals surface area (Å²) in [5, 5.41) is 12.3. The third kappa shape index (κ3) is 4.83. The number of carbonyl (C=O) groups excluding carboxylic acids is 1. The Hall–Kier alpha value is -2.91. The molecule has 1 aromatic carbocycles. The van der Waals surface area contributed by atoms with E-state index in [4.69, 9.17) is 15.2 Å². The van der Waals surface area contributed by atoms with Crippen molar-refractivity contribution in [3.8, 4) is 11.5 Å². The summed E-state index contributed by atoms with van der Waals surface area (Å²) in [6.07, 6.45) is 3.94. The second-order valence-electron chi connectivity index (χ2n) is 5.91. The van der Waals surface area contributed by atoms with E-state index in [1.54, 1.807) is 24.3 Å². The average molecular weight is 376 g/mol.